The molecular formula is C32H62O12. The largest absolute Gasteiger partial charge is 0.469 e. The molecule has 12 heteroatoms. The summed E-state index contributed by atoms with van der Waals surface area (Å²) in [5, 5.41) is 0. The Kier molecular flexibility index (Phi) is 36.6. The summed E-state index contributed by atoms with van der Waals surface area (Å²) in [6.07, 6.45) is 11.8. The fourth-order valence-corrected chi connectivity index (χ4v) is 3.77. The lowest BCUT2D eigenvalue weighted by atomic mass is 10.1. The first kappa shape index (κ1) is 42.6. The first-order valence-corrected chi connectivity index (χ1v) is 16.5. The van der Waals surface area contributed by atoms with Gasteiger partial charge in [-0.3, -0.25) is 9.59 Å². The van der Waals surface area contributed by atoms with Gasteiger partial charge in [-0.2, -0.15) is 0 Å². The highest BCUT2D eigenvalue weighted by Crippen LogP contribution is 2.10. The Morgan fingerprint density at radius 2 is 0.682 bits per heavy atom. The van der Waals surface area contributed by atoms with Crippen molar-refractivity contribution in [3.8, 4) is 0 Å². The van der Waals surface area contributed by atoms with Crippen molar-refractivity contribution < 1.29 is 57.0 Å². The molecule has 12 nitrogen and oxygen atoms in total. The van der Waals surface area contributed by atoms with Gasteiger partial charge < -0.3 is 47.4 Å². The Labute approximate surface area is 266 Å². The SMILES string of the molecule is CCCCCCCCCCCC(=O)OCCOCCOCCOCCOCCOCCOCCOCCOCCC(=O)OC. The standard InChI is InChI=1S/C32H62O12/c1-3-4-5-6-7-8-9-10-11-12-32(34)44-30-29-43-28-27-42-26-25-41-24-23-40-22-21-39-20-19-38-18-17-37-16-15-36-14-13-31(33)35-2/h3-30H2,1-2H3. The molecular weight excluding hydrogens is 576 g/mol. The highest BCUT2D eigenvalue weighted by molar-refractivity contribution is 5.69. The zero-order valence-corrected chi connectivity index (χ0v) is 27.7. The van der Waals surface area contributed by atoms with E-state index in [1.54, 1.807) is 0 Å². The molecule has 0 N–H and O–H groups in total. The van der Waals surface area contributed by atoms with Gasteiger partial charge in [0.2, 0.25) is 0 Å². The molecule has 0 bridgehead atoms. The van der Waals surface area contributed by atoms with Crippen LogP contribution in [0.4, 0.5) is 0 Å². The Bertz CT molecular complexity index is 594. The van der Waals surface area contributed by atoms with E-state index in [1.165, 1.54) is 52.1 Å². The Hall–Kier alpha value is -1.38. The molecule has 0 aliphatic carbocycles. The van der Waals surface area contributed by atoms with Crippen LogP contribution in [0, 0.1) is 0 Å². The van der Waals surface area contributed by atoms with Crippen LogP contribution in [0.2, 0.25) is 0 Å². The van der Waals surface area contributed by atoms with Gasteiger partial charge >= 0.3 is 11.9 Å². The van der Waals surface area contributed by atoms with Crippen LogP contribution in [-0.4, -0.2) is 131 Å². The summed E-state index contributed by atoms with van der Waals surface area (Å²) in [5.74, 6) is -0.425. The van der Waals surface area contributed by atoms with E-state index in [2.05, 4.69) is 11.7 Å². The number of ether oxygens (including phenoxy) is 10. The molecule has 0 aliphatic rings. The number of rotatable bonds is 37. The number of hydrogen-bond donors (Lipinski definition) is 0. The first-order valence-electron chi connectivity index (χ1n) is 16.5. The van der Waals surface area contributed by atoms with Crippen molar-refractivity contribution in [2.24, 2.45) is 0 Å². The fourth-order valence-electron chi connectivity index (χ4n) is 3.77. The van der Waals surface area contributed by atoms with Crippen molar-refractivity contribution in [1.82, 2.24) is 0 Å². The van der Waals surface area contributed by atoms with E-state index in [9.17, 15) is 9.59 Å². The summed E-state index contributed by atoms with van der Waals surface area (Å²) in [6.45, 7) is 9.88. The van der Waals surface area contributed by atoms with Gasteiger partial charge in [0.15, 0.2) is 0 Å². The topological polar surface area (TPSA) is 126 Å². The van der Waals surface area contributed by atoms with Crippen molar-refractivity contribution in [3.63, 3.8) is 0 Å². The van der Waals surface area contributed by atoms with Gasteiger partial charge in [-0.05, 0) is 6.42 Å². The summed E-state index contributed by atoms with van der Waals surface area (Å²) in [6, 6.07) is 0. The van der Waals surface area contributed by atoms with E-state index in [4.69, 9.17) is 42.6 Å². The third-order valence-electron chi connectivity index (χ3n) is 6.26. The molecule has 0 radical (unpaired) electrons. The van der Waals surface area contributed by atoms with Gasteiger partial charge in [0, 0.05) is 6.42 Å². The molecule has 0 saturated heterocycles. The minimum atomic E-state index is -0.286. The number of methoxy groups -OCH3 is 1. The monoisotopic (exact) mass is 638 g/mol. The lowest BCUT2D eigenvalue weighted by Crippen LogP contribution is -2.15. The van der Waals surface area contributed by atoms with Crippen LogP contribution >= 0.6 is 0 Å². The predicted molar refractivity (Wildman–Crippen MR) is 166 cm³/mol. The zero-order chi connectivity index (χ0) is 32.0. The van der Waals surface area contributed by atoms with Gasteiger partial charge in [-0.1, -0.05) is 58.3 Å². The fraction of sp³-hybridized carbons (Fsp3) is 0.938. The van der Waals surface area contributed by atoms with E-state index < -0.39 is 0 Å². The van der Waals surface area contributed by atoms with Crippen molar-refractivity contribution in [1.29, 1.82) is 0 Å². The molecule has 0 aromatic rings. The third-order valence-corrected chi connectivity index (χ3v) is 6.26. The summed E-state index contributed by atoms with van der Waals surface area (Å²) >= 11 is 0. The number of carbonyl (C=O) groups is 2. The quantitative estimate of drug-likeness (QED) is 0.0717. The highest BCUT2D eigenvalue weighted by atomic mass is 16.6. The third kappa shape index (κ3) is 36.8. The number of esters is 2. The average molecular weight is 639 g/mol. The van der Waals surface area contributed by atoms with Crippen molar-refractivity contribution in [2.75, 3.05) is 119 Å². The Balaban J connectivity index is 3.12. The van der Waals surface area contributed by atoms with Crippen LogP contribution < -0.4 is 0 Å². The highest BCUT2D eigenvalue weighted by Gasteiger charge is 2.03. The molecule has 44 heavy (non-hydrogen) atoms. The van der Waals surface area contributed by atoms with Gasteiger partial charge in [0.1, 0.15) is 6.61 Å². The first-order chi connectivity index (χ1) is 21.7. The van der Waals surface area contributed by atoms with E-state index in [0.717, 1.165) is 12.8 Å². The zero-order valence-electron chi connectivity index (χ0n) is 27.7. The van der Waals surface area contributed by atoms with Crippen LogP contribution in [-0.2, 0) is 57.0 Å². The molecule has 0 spiro atoms. The molecule has 0 aromatic heterocycles. The van der Waals surface area contributed by atoms with Crippen molar-refractivity contribution >= 4 is 11.9 Å². The average Bonchev–Trinajstić information content (AvgIpc) is 3.03. The van der Waals surface area contributed by atoms with Gasteiger partial charge in [0.05, 0.1) is 119 Å². The van der Waals surface area contributed by atoms with Gasteiger partial charge in [-0.25, -0.2) is 0 Å². The number of hydrogen-bond acceptors (Lipinski definition) is 12. The molecule has 0 rings (SSSR count). The smallest absolute Gasteiger partial charge is 0.307 e. The minimum Gasteiger partial charge on any atom is -0.469 e. The maximum atomic E-state index is 11.8. The lowest BCUT2D eigenvalue weighted by Gasteiger charge is -2.09. The second kappa shape index (κ2) is 37.8. The molecule has 0 unspecified atom stereocenters. The van der Waals surface area contributed by atoms with E-state index in [-0.39, 0.29) is 25.0 Å². The van der Waals surface area contributed by atoms with Crippen LogP contribution in [0.25, 0.3) is 0 Å². The molecule has 262 valence electrons. The molecule has 0 aromatic carbocycles. The van der Waals surface area contributed by atoms with Crippen LogP contribution in [0.3, 0.4) is 0 Å². The summed E-state index contributed by atoms with van der Waals surface area (Å²) in [7, 11) is 1.35. The maximum Gasteiger partial charge on any atom is 0.307 e. The summed E-state index contributed by atoms with van der Waals surface area (Å²) < 4.78 is 53.0. The second-order valence-electron chi connectivity index (χ2n) is 10.0. The van der Waals surface area contributed by atoms with E-state index in [1.807, 2.05) is 0 Å². The number of unbranched alkanes of at least 4 members (excludes halogenated alkanes) is 8. The normalized spacial score (nSPS) is 11.2. The maximum absolute atomic E-state index is 11.8. The Morgan fingerprint density at radius 3 is 1.05 bits per heavy atom. The minimum absolute atomic E-state index is 0.139. The second-order valence-corrected chi connectivity index (χ2v) is 10.0. The molecule has 0 atom stereocenters. The molecule has 0 fully saturated rings. The van der Waals surface area contributed by atoms with Gasteiger partial charge in [-0.15, -0.1) is 0 Å². The Morgan fingerprint density at radius 1 is 0.364 bits per heavy atom. The number of carbonyl (C=O) groups excluding carboxylic acids is 2. The predicted octanol–water partition coefficient (Wildman–Crippen LogP) is 4.15. The lowest BCUT2D eigenvalue weighted by molar-refractivity contribution is -0.145. The van der Waals surface area contributed by atoms with Crippen LogP contribution in [0.1, 0.15) is 77.6 Å². The summed E-state index contributed by atoms with van der Waals surface area (Å²) in [5.41, 5.74) is 0. The van der Waals surface area contributed by atoms with Crippen molar-refractivity contribution in [3.05, 3.63) is 0 Å². The molecule has 0 aliphatic heterocycles. The molecule has 0 heterocycles. The summed E-state index contributed by atoms with van der Waals surface area (Å²) in [4.78, 5) is 22.7. The van der Waals surface area contributed by atoms with Crippen LogP contribution in [0.15, 0.2) is 0 Å². The molecule has 0 amide bonds. The van der Waals surface area contributed by atoms with Gasteiger partial charge in [0.25, 0.3) is 0 Å². The molecule has 0 saturated carbocycles. The van der Waals surface area contributed by atoms with Crippen molar-refractivity contribution in [2.45, 2.75) is 77.6 Å². The van der Waals surface area contributed by atoms with Crippen LogP contribution in [0.5, 0.6) is 0 Å². The van der Waals surface area contributed by atoms with E-state index in [0.29, 0.717) is 112 Å². The van der Waals surface area contributed by atoms with E-state index >= 15 is 0 Å².